The fourth-order valence-corrected chi connectivity index (χ4v) is 2.46. The molecule has 1 atom stereocenters. The molecule has 1 unspecified atom stereocenters. The molecule has 0 fully saturated rings. The van der Waals surface area contributed by atoms with Crippen LogP contribution in [0.2, 0.25) is 0 Å². The van der Waals surface area contributed by atoms with Gasteiger partial charge in [-0.3, -0.25) is 0 Å². The molecule has 0 aliphatic rings. The quantitative estimate of drug-likeness (QED) is 0.809. The summed E-state index contributed by atoms with van der Waals surface area (Å²) in [4.78, 5) is 4.53. The van der Waals surface area contributed by atoms with Gasteiger partial charge in [-0.05, 0) is 37.6 Å². The van der Waals surface area contributed by atoms with E-state index in [9.17, 15) is 0 Å². The summed E-state index contributed by atoms with van der Waals surface area (Å²) in [5.41, 5.74) is 1.18. The average molecular weight is 287 g/mol. The van der Waals surface area contributed by atoms with Gasteiger partial charge in [-0.2, -0.15) is 0 Å². The Kier molecular flexibility index (Phi) is 5.81. The van der Waals surface area contributed by atoms with E-state index in [-0.39, 0.29) is 6.04 Å². The number of ether oxygens (including phenoxy) is 1. The molecule has 114 valence electrons. The van der Waals surface area contributed by atoms with Crippen molar-refractivity contribution in [3.63, 3.8) is 0 Å². The van der Waals surface area contributed by atoms with E-state index in [2.05, 4.69) is 40.8 Å². The van der Waals surface area contributed by atoms with Gasteiger partial charge in [0.2, 0.25) is 0 Å². The molecule has 0 aliphatic heterocycles. The Morgan fingerprint density at radius 1 is 1.29 bits per heavy atom. The van der Waals surface area contributed by atoms with Crippen molar-refractivity contribution in [1.82, 2.24) is 14.9 Å². The normalized spacial score (nSPS) is 12.3. The maximum Gasteiger partial charge on any atom is 0.130 e. The molecule has 21 heavy (non-hydrogen) atoms. The largest absolute Gasteiger partial charge is 0.494 e. The van der Waals surface area contributed by atoms with Gasteiger partial charge in [0.15, 0.2) is 0 Å². The molecule has 0 spiro atoms. The van der Waals surface area contributed by atoms with Crippen LogP contribution in [-0.4, -0.2) is 23.2 Å². The highest BCUT2D eigenvalue weighted by Crippen LogP contribution is 2.24. The molecular weight excluding hydrogens is 262 g/mol. The number of aromatic nitrogens is 2. The minimum atomic E-state index is 0.0803. The monoisotopic (exact) mass is 287 g/mol. The molecule has 1 heterocycles. The molecule has 2 aromatic rings. The van der Waals surface area contributed by atoms with E-state index in [1.54, 1.807) is 0 Å². The number of rotatable bonds is 8. The van der Waals surface area contributed by atoms with Gasteiger partial charge in [0, 0.05) is 18.9 Å². The van der Waals surface area contributed by atoms with Crippen molar-refractivity contribution in [2.45, 2.75) is 39.3 Å². The summed E-state index contributed by atoms with van der Waals surface area (Å²) in [6, 6.07) is 8.34. The zero-order valence-corrected chi connectivity index (χ0v) is 13.2. The number of nitrogens with zero attached hydrogens (tertiary/aromatic N) is 2. The van der Waals surface area contributed by atoms with E-state index in [0.717, 1.165) is 37.6 Å². The summed E-state index contributed by atoms with van der Waals surface area (Å²) in [7, 11) is 1.97. The predicted octanol–water partition coefficient (Wildman–Crippen LogP) is 3.39. The van der Waals surface area contributed by atoms with Crippen molar-refractivity contribution in [3.05, 3.63) is 48.0 Å². The lowest BCUT2D eigenvalue weighted by Crippen LogP contribution is -2.22. The lowest BCUT2D eigenvalue weighted by atomic mass is 10.1. The second-order valence-electron chi connectivity index (χ2n) is 5.12. The van der Waals surface area contributed by atoms with Crippen LogP contribution in [0.5, 0.6) is 5.75 Å². The van der Waals surface area contributed by atoms with Gasteiger partial charge < -0.3 is 14.6 Å². The number of hydrogen-bond acceptors (Lipinski definition) is 3. The first-order valence-electron chi connectivity index (χ1n) is 7.71. The topological polar surface area (TPSA) is 39.1 Å². The van der Waals surface area contributed by atoms with Crippen molar-refractivity contribution in [3.8, 4) is 5.75 Å². The van der Waals surface area contributed by atoms with Crippen LogP contribution < -0.4 is 10.1 Å². The summed E-state index contributed by atoms with van der Waals surface area (Å²) >= 11 is 0. The van der Waals surface area contributed by atoms with Gasteiger partial charge in [-0.25, -0.2) is 4.98 Å². The van der Waals surface area contributed by atoms with Crippen molar-refractivity contribution in [1.29, 1.82) is 0 Å². The van der Waals surface area contributed by atoms with Crippen LogP contribution in [0.15, 0.2) is 36.7 Å². The molecule has 0 bridgehead atoms. The molecule has 2 rings (SSSR count). The van der Waals surface area contributed by atoms with Crippen LogP contribution in [0.1, 0.15) is 44.1 Å². The van der Waals surface area contributed by atoms with Crippen LogP contribution in [0.3, 0.4) is 0 Å². The molecular formula is C17H25N3O. The zero-order chi connectivity index (χ0) is 15.1. The molecule has 1 N–H and O–H groups in total. The molecule has 0 radical (unpaired) electrons. The Morgan fingerprint density at radius 3 is 2.86 bits per heavy atom. The number of hydrogen-bond donors (Lipinski definition) is 1. The lowest BCUT2D eigenvalue weighted by Gasteiger charge is -2.18. The third-order valence-electron chi connectivity index (χ3n) is 3.42. The Bertz CT molecular complexity index is 550. The fraction of sp³-hybridized carbons (Fsp3) is 0.471. The summed E-state index contributed by atoms with van der Waals surface area (Å²) in [6.45, 7) is 6.02. The van der Waals surface area contributed by atoms with Crippen LogP contribution in [0.25, 0.3) is 0 Å². The molecule has 0 aliphatic carbocycles. The molecule has 1 aromatic carbocycles. The van der Waals surface area contributed by atoms with E-state index < -0.39 is 0 Å². The van der Waals surface area contributed by atoms with Gasteiger partial charge in [0.25, 0.3) is 0 Å². The Hall–Kier alpha value is -1.81. The van der Waals surface area contributed by atoms with Gasteiger partial charge in [-0.15, -0.1) is 0 Å². The minimum Gasteiger partial charge on any atom is -0.494 e. The summed E-state index contributed by atoms with van der Waals surface area (Å²) < 4.78 is 7.94. The van der Waals surface area contributed by atoms with Crippen molar-refractivity contribution in [2.24, 2.45) is 0 Å². The Morgan fingerprint density at radius 2 is 2.14 bits per heavy atom. The first kappa shape index (κ1) is 15.6. The van der Waals surface area contributed by atoms with Crippen molar-refractivity contribution < 1.29 is 4.74 Å². The number of aryl methyl sites for hydroxylation is 1. The highest BCUT2D eigenvalue weighted by atomic mass is 16.5. The predicted molar refractivity (Wildman–Crippen MR) is 85.6 cm³/mol. The van der Waals surface area contributed by atoms with Gasteiger partial charge in [0.05, 0.1) is 12.6 Å². The molecule has 0 saturated heterocycles. The molecule has 0 amide bonds. The fourth-order valence-electron chi connectivity index (χ4n) is 2.46. The Balaban J connectivity index is 2.26. The zero-order valence-electron chi connectivity index (χ0n) is 13.2. The summed E-state index contributed by atoms with van der Waals surface area (Å²) in [5.74, 6) is 1.97. The number of nitrogens with one attached hydrogen (secondary N) is 1. The van der Waals surface area contributed by atoms with E-state index in [1.165, 1.54) is 5.56 Å². The van der Waals surface area contributed by atoms with E-state index in [0.29, 0.717) is 0 Å². The van der Waals surface area contributed by atoms with E-state index in [1.807, 2.05) is 31.6 Å². The average Bonchev–Trinajstić information content (AvgIpc) is 2.95. The summed E-state index contributed by atoms with van der Waals surface area (Å²) in [5, 5.41) is 3.36. The highest BCUT2D eigenvalue weighted by Gasteiger charge is 2.17. The van der Waals surface area contributed by atoms with Gasteiger partial charge >= 0.3 is 0 Å². The first-order chi connectivity index (χ1) is 10.3. The van der Waals surface area contributed by atoms with E-state index >= 15 is 0 Å². The summed E-state index contributed by atoms with van der Waals surface area (Å²) in [6.07, 6.45) is 6.02. The standard InChI is InChI=1S/C17H25N3O/c1-4-10-20-11-9-19-17(20)16(18-3)14-7-6-8-15(13-14)21-12-5-2/h6-9,11,13,16,18H,4-5,10,12H2,1-3H3. The first-order valence-corrected chi connectivity index (χ1v) is 7.71. The van der Waals surface area contributed by atoms with E-state index in [4.69, 9.17) is 4.74 Å². The van der Waals surface area contributed by atoms with Crippen LogP contribution >= 0.6 is 0 Å². The van der Waals surface area contributed by atoms with Gasteiger partial charge in [0.1, 0.15) is 11.6 Å². The number of benzene rings is 1. The van der Waals surface area contributed by atoms with Crippen LogP contribution in [0, 0.1) is 0 Å². The molecule has 4 nitrogen and oxygen atoms in total. The third-order valence-corrected chi connectivity index (χ3v) is 3.42. The highest BCUT2D eigenvalue weighted by molar-refractivity contribution is 5.33. The molecule has 4 heteroatoms. The van der Waals surface area contributed by atoms with Gasteiger partial charge in [-0.1, -0.05) is 26.0 Å². The number of imidazole rings is 1. The van der Waals surface area contributed by atoms with Crippen LogP contribution in [-0.2, 0) is 6.54 Å². The maximum absolute atomic E-state index is 5.73. The molecule has 1 aromatic heterocycles. The second-order valence-corrected chi connectivity index (χ2v) is 5.12. The second kappa shape index (κ2) is 7.84. The van der Waals surface area contributed by atoms with Crippen LogP contribution in [0.4, 0.5) is 0 Å². The smallest absolute Gasteiger partial charge is 0.130 e. The third kappa shape index (κ3) is 3.85. The van der Waals surface area contributed by atoms with Crippen molar-refractivity contribution in [2.75, 3.05) is 13.7 Å². The van der Waals surface area contributed by atoms with Crippen molar-refractivity contribution >= 4 is 0 Å². The SMILES string of the molecule is CCCOc1cccc(C(NC)c2nccn2CCC)c1. The minimum absolute atomic E-state index is 0.0803. The Labute approximate surface area is 127 Å². The maximum atomic E-state index is 5.73. The lowest BCUT2D eigenvalue weighted by molar-refractivity contribution is 0.317. The molecule has 0 saturated carbocycles.